The highest BCUT2D eigenvalue weighted by molar-refractivity contribution is 5.92. The van der Waals surface area contributed by atoms with Crippen molar-refractivity contribution in [1.29, 1.82) is 0 Å². The van der Waals surface area contributed by atoms with Crippen LogP contribution in [0.15, 0.2) is 4.52 Å². The molecule has 0 spiro atoms. The van der Waals surface area contributed by atoms with Crippen LogP contribution in [0.3, 0.4) is 0 Å². The van der Waals surface area contributed by atoms with Crippen molar-refractivity contribution in [3.8, 4) is 0 Å². The first-order valence-corrected chi connectivity index (χ1v) is 2.51. The third-order valence-corrected chi connectivity index (χ3v) is 0.986. The van der Waals surface area contributed by atoms with Gasteiger partial charge in [0.25, 0.3) is 0 Å². The summed E-state index contributed by atoms with van der Waals surface area (Å²) in [6, 6.07) is 0. The molecule has 0 aliphatic rings. The van der Waals surface area contributed by atoms with Gasteiger partial charge in [0.1, 0.15) is 0 Å². The molecule has 0 unspecified atom stereocenters. The van der Waals surface area contributed by atoms with E-state index in [4.69, 9.17) is 0 Å². The largest absolute Gasteiger partial charge is 0.342 e. The van der Waals surface area contributed by atoms with Crippen LogP contribution in [0, 0.1) is 6.92 Å². The van der Waals surface area contributed by atoms with Crippen molar-refractivity contribution in [2.75, 3.05) is 0 Å². The second-order valence-electron chi connectivity index (χ2n) is 1.73. The standard InChI is InChI=1S/C5H6N2O2/c1-3(8)5-4(2)9-7-6-5/h1-2H3. The monoisotopic (exact) mass is 126 g/mol. The number of nitrogens with zero attached hydrogens (tertiary/aromatic N) is 2. The summed E-state index contributed by atoms with van der Waals surface area (Å²) in [6.45, 7) is 3.07. The summed E-state index contributed by atoms with van der Waals surface area (Å²) in [5, 5.41) is 6.65. The number of hydrogen-bond donors (Lipinski definition) is 0. The van der Waals surface area contributed by atoms with Gasteiger partial charge in [-0.3, -0.25) is 4.79 Å². The third-order valence-electron chi connectivity index (χ3n) is 0.986. The van der Waals surface area contributed by atoms with E-state index >= 15 is 0 Å². The van der Waals surface area contributed by atoms with Crippen molar-refractivity contribution < 1.29 is 9.32 Å². The number of carbonyl (C=O) groups excluding carboxylic acids is 1. The molecule has 48 valence electrons. The van der Waals surface area contributed by atoms with Crippen LogP contribution in [-0.2, 0) is 0 Å². The molecule has 4 nitrogen and oxygen atoms in total. The first-order chi connectivity index (χ1) is 4.22. The van der Waals surface area contributed by atoms with Gasteiger partial charge in [0.15, 0.2) is 17.2 Å². The molecule has 0 N–H and O–H groups in total. The smallest absolute Gasteiger partial charge is 0.183 e. The summed E-state index contributed by atoms with van der Waals surface area (Å²) >= 11 is 0. The maximum atomic E-state index is 10.6. The van der Waals surface area contributed by atoms with Gasteiger partial charge in [-0.15, -0.1) is 5.10 Å². The Morgan fingerprint density at radius 1 is 1.67 bits per heavy atom. The molecule has 1 heterocycles. The Balaban J connectivity index is 3.08. The van der Waals surface area contributed by atoms with E-state index in [9.17, 15) is 4.79 Å². The van der Waals surface area contributed by atoms with Gasteiger partial charge in [0, 0.05) is 12.2 Å². The molecule has 0 saturated carbocycles. The molecule has 1 aromatic heterocycles. The zero-order chi connectivity index (χ0) is 6.85. The first kappa shape index (κ1) is 5.94. The summed E-state index contributed by atoms with van der Waals surface area (Å²) in [7, 11) is 0. The number of hydrogen-bond acceptors (Lipinski definition) is 4. The molecule has 0 aromatic carbocycles. The quantitative estimate of drug-likeness (QED) is 0.516. The zero-order valence-electron chi connectivity index (χ0n) is 5.21. The van der Waals surface area contributed by atoms with Crippen molar-refractivity contribution >= 4 is 5.78 Å². The predicted molar refractivity (Wildman–Crippen MR) is 29.0 cm³/mol. The average molecular weight is 126 g/mol. The number of ketones is 1. The highest BCUT2D eigenvalue weighted by Crippen LogP contribution is 2.01. The van der Waals surface area contributed by atoms with Crippen LogP contribution < -0.4 is 0 Å². The van der Waals surface area contributed by atoms with Crippen molar-refractivity contribution in [2.45, 2.75) is 13.8 Å². The lowest BCUT2D eigenvalue weighted by molar-refractivity contribution is 0.101. The molecule has 0 aliphatic heterocycles. The molecule has 0 amide bonds. The van der Waals surface area contributed by atoms with Crippen molar-refractivity contribution in [3.63, 3.8) is 0 Å². The Bertz CT molecular complexity index is 229. The number of rotatable bonds is 1. The lowest BCUT2D eigenvalue weighted by atomic mass is 10.3. The Kier molecular flexibility index (Phi) is 1.30. The molecule has 9 heavy (non-hydrogen) atoms. The molecule has 0 bridgehead atoms. The van der Waals surface area contributed by atoms with Gasteiger partial charge in [-0.25, -0.2) is 0 Å². The van der Waals surface area contributed by atoms with Crippen LogP contribution in [0.2, 0.25) is 0 Å². The number of aromatic nitrogens is 2. The summed E-state index contributed by atoms with van der Waals surface area (Å²) in [4.78, 5) is 10.6. The Morgan fingerprint density at radius 2 is 2.33 bits per heavy atom. The van der Waals surface area contributed by atoms with E-state index in [1.165, 1.54) is 6.92 Å². The number of aryl methyl sites for hydroxylation is 1. The van der Waals surface area contributed by atoms with E-state index in [1.54, 1.807) is 6.92 Å². The Morgan fingerprint density at radius 3 is 2.56 bits per heavy atom. The van der Waals surface area contributed by atoms with Crippen LogP contribution >= 0.6 is 0 Å². The molecule has 1 rings (SSSR count). The minimum absolute atomic E-state index is 0.117. The maximum absolute atomic E-state index is 10.6. The number of carbonyl (C=O) groups is 1. The molecule has 0 atom stereocenters. The van der Waals surface area contributed by atoms with Crippen LogP contribution in [-0.4, -0.2) is 16.2 Å². The molecular weight excluding hydrogens is 120 g/mol. The lowest BCUT2D eigenvalue weighted by Gasteiger charge is -1.81. The van der Waals surface area contributed by atoms with Gasteiger partial charge in [0.05, 0.1) is 0 Å². The van der Waals surface area contributed by atoms with E-state index in [0.717, 1.165) is 0 Å². The summed E-state index contributed by atoms with van der Waals surface area (Å²) in [6.07, 6.45) is 0. The average Bonchev–Trinajstić information content (AvgIpc) is 2.13. The van der Waals surface area contributed by atoms with Crippen LogP contribution in [0.25, 0.3) is 0 Å². The van der Waals surface area contributed by atoms with E-state index < -0.39 is 0 Å². The summed E-state index contributed by atoms with van der Waals surface area (Å²) in [5.41, 5.74) is 0.315. The fourth-order valence-corrected chi connectivity index (χ4v) is 0.554. The number of Topliss-reactive ketones (excluding diaryl/α,β-unsaturated/α-hetero) is 1. The van der Waals surface area contributed by atoms with Crippen LogP contribution in [0.5, 0.6) is 0 Å². The highest BCUT2D eigenvalue weighted by atomic mass is 16.5. The van der Waals surface area contributed by atoms with Gasteiger partial charge < -0.3 is 4.52 Å². The maximum Gasteiger partial charge on any atom is 0.183 e. The van der Waals surface area contributed by atoms with E-state index in [0.29, 0.717) is 11.5 Å². The minimum Gasteiger partial charge on any atom is -0.342 e. The Labute approximate surface area is 51.8 Å². The molecule has 0 aliphatic carbocycles. The van der Waals surface area contributed by atoms with Gasteiger partial charge in [-0.1, -0.05) is 0 Å². The van der Waals surface area contributed by atoms with Gasteiger partial charge >= 0.3 is 0 Å². The third kappa shape index (κ3) is 0.960. The van der Waals surface area contributed by atoms with Crippen LogP contribution in [0.1, 0.15) is 23.2 Å². The SMILES string of the molecule is CC(=O)c1nnoc1C. The van der Waals surface area contributed by atoms with Gasteiger partial charge in [0.2, 0.25) is 0 Å². The summed E-state index contributed by atoms with van der Waals surface area (Å²) in [5.74, 6) is 0.358. The second-order valence-corrected chi connectivity index (χ2v) is 1.73. The molecule has 4 heteroatoms. The fraction of sp³-hybridized carbons (Fsp3) is 0.400. The molecule has 1 aromatic rings. The summed E-state index contributed by atoms with van der Waals surface area (Å²) < 4.78 is 4.54. The van der Waals surface area contributed by atoms with E-state index in [2.05, 4.69) is 14.9 Å². The molecule has 0 saturated heterocycles. The Hall–Kier alpha value is -1.19. The molecule has 0 fully saturated rings. The van der Waals surface area contributed by atoms with Gasteiger partial charge in [-0.05, 0) is 6.92 Å². The second kappa shape index (κ2) is 1.97. The van der Waals surface area contributed by atoms with Crippen molar-refractivity contribution in [3.05, 3.63) is 11.5 Å². The zero-order valence-corrected chi connectivity index (χ0v) is 5.21. The molecular formula is C5H6N2O2. The highest BCUT2D eigenvalue weighted by Gasteiger charge is 2.08. The normalized spacial score (nSPS) is 9.56. The van der Waals surface area contributed by atoms with E-state index in [-0.39, 0.29) is 5.78 Å². The first-order valence-electron chi connectivity index (χ1n) is 2.51. The van der Waals surface area contributed by atoms with Crippen LogP contribution in [0.4, 0.5) is 0 Å². The molecule has 0 radical (unpaired) electrons. The topological polar surface area (TPSA) is 56.0 Å². The fourth-order valence-electron chi connectivity index (χ4n) is 0.554. The lowest BCUT2D eigenvalue weighted by Crippen LogP contribution is -1.93. The minimum atomic E-state index is -0.117. The predicted octanol–water partition coefficient (Wildman–Crippen LogP) is 0.581. The van der Waals surface area contributed by atoms with Gasteiger partial charge in [-0.2, -0.15) is 0 Å². The van der Waals surface area contributed by atoms with Crippen molar-refractivity contribution in [2.24, 2.45) is 0 Å². The van der Waals surface area contributed by atoms with E-state index in [1.807, 2.05) is 0 Å². The van der Waals surface area contributed by atoms with Crippen molar-refractivity contribution in [1.82, 2.24) is 10.4 Å².